The zero-order chi connectivity index (χ0) is 12.6. The van der Waals surface area contributed by atoms with Crippen molar-refractivity contribution in [1.82, 2.24) is 8.87 Å². The molecule has 0 atom stereocenters. The van der Waals surface area contributed by atoms with E-state index < -0.39 is 10.0 Å². The van der Waals surface area contributed by atoms with E-state index >= 15 is 0 Å². The van der Waals surface area contributed by atoms with Crippen LogP contribution in [-0.2, 0) is 16.6 Å². The van der Waals surface area contributed by atoms with Crippen molar-refractivity contribution in [2.75, 3.05) is 14.1 Å². The van der Waals surface area contributed by atoms with Gasteiger partial charge in [0.25, 0.3) is 0 Å². The summed E-state index contributed by atoms with van der Waals surface area (Å²) in [6, 6.07) is 7.17. The van der Waals surface area contributed by atoms with Crippen LogP contribution in [0.3, 0.4) is 0 Å². The van der Waals surface area contributed by atoms with Gasteiger partial charge in [0.05, 0.1) is 4.90 Å². The van der Waals surface area contributed by atoms with E-state index in [1.807, 2.05) is 18.3 Å². The molecule has 0 aliphatic carbocycles. The SMILES string of the molecule is CCn1ccc2cc(S(=O)(=O)N(C)C)ccc21. The first-order valence-electron chi connectivity index (χ1n) is 5.48. The van der Waals surface area contributed by atoms with E-state index in [0.29, 0.717) is 4.90 Å². The third kappa shape index (κ3) is 1.96. The van der Waals surface area contributed by atoms with Gasteiger partial charge in [-0.1, -0.05) is 0 Å². The van der Waals surface area contributed by atoms with Crippen LogP contribution in [-0.4, -0.2) is 31.4 Å². The van der Waals surface area contributed by atoms with E-state index in [-0.39, 0.29) is 0 Å². The summed E-state index contributed by atoms with van der Waals surface area (Å²) < 4.78 is 27.3. The minimum Gasteiger partial charge on any atom is -0.348 e. The first-order valence-corrected chi connectivity index (χ1v) is 6.92. The molecule has 92 valence electrons. The lowest BCUT2D eigenvalue weighted by Crippen LogP contribution is -2.22. The van der Waals surface area contributed by atoms with Crippen LogP contribution in [0, 0.1) is 0 Å². The Balaban J connectivity index is 2.61. The standard InChI is InChI=1S/C12H16N2O2S/c1-4-14-8-7-10-9-11(5-6-12(10)14)17(15,16)13(2)3/h5-9H,4H2,1-3H3. The van der Waals surface area contributed by atoms with Gasteiger partial charge in [0.1, 0.15) is 0 Å². The van der Waals surface area contributed by atoms with Gasteiger partial charge in [-0.2, -0.15) is 0 Å². The topological polar surface area (TPSA) is 42.3 Å². The van der Waals surface area contributed by atoms with Crippen LogP contribution in [0.5, 0.6) is 0 Å². The van der Waals surface area contributed by atoms with Gasteiger partial charge < -0.3 is 4.57 Å². The Kier molecular flexibility index (Phi) is 2.97. The Morgan fingerprint density at radius 3 is 2.53 bits per heavy atom. The fraction of sp³-hybridized carbons (Fsp3) is 0.333. The summed E-state index contributed by atoms with van der Waals surface area (Å²) in [6.45, 7) is 2.94. The second kappa shape index (κ2) is 4.16. The molecule has 0 N–H and O–H groups in total. The smallest absolute Gasteiger partial charge is 0.242 e. The second-order valence-corrected chi connectivity index (χ2v) is 6.26. The summed E-state index contributed by atoms with van der Waals surface area (Å²) in [5.41, 5.74) is 1.06. The number of fused-ring (bicyclic) bond motifs is 1. The summed E-state index contributed by atoms with van der Waals surface area (Å²) in [7, 11) is -0.265. The number of aryl methyl sites for hydroxylation is 1. The molecule has 0 bridgehead atoms. The van der Waals surface area contributed by atoms with Crippen LogP contribution >= 0.6 is 0 Å². The summed E-state index contributed by atoms with van der Waals surface area (Å²) in [4.78, 5) is 0.337. The van der Waals surface area contributed by atoms with Gasteiger partial charge in [0.15, 0.2) is 0 Å². The van der Waals surface area contributed by atoms with E-state index in [4.69, 9.17) is 0 Å². The van der Waals surface area contributed by atoms with Gasteiger partial charge in [-0.3, -0.25) is 0 Å². The molecular weight excluding hydrogens is 236 g/mol. The second-order valence-electron chi connectivity index (χ2n) is 4.11. The van der Waals surface area contributed by atoms with Gasteiger partial charge in [0.2, 0.25) is 10.0 Å². The Bertz CT molecular complexity index is 642. The Morgan fingerprint density at radius 2 is 1.94 bits per heavy atom. The molecule has 0 amide bonds. The van der Waals surface area contributed by atoms with Crippen molar-refractivity contribution in [2.45, 2.75) is 18.4 Å². The molecule has 5 heteroatoms. The molecule has 4 nitrogen and oxygen atoms in total. The number of benzene rings is 1. The van der Waals surface area contributed by atoms with Crippen LogP contribution in [0.4, 0.5) is 0 Å². The van der Waals surface area contributed by atoms with Crippen LogP contribution in [0.25, 0.3) is 10.9 Å². The summed E-state index contributed by atoms with van der Waals surface area (Å²) in [5.74, 6) is 0. The number of nitrogens with zero attached hydrogens (tertiary/aromatic N) is 2. The quantitative estimate of drug-likeness (QED) is 0.837. The molecule has 0 aliphatic heterocycles. The number of rotatable bonds is 3. The number of aromatic nitrogens is 1. The third-order valence-corrected chi connectivity index (χ3v) is 4.67. The summed E-state index contributed by atoms with van der Waals surface area (Å²) >= 11 is 0. The summed E-state index contributed by atoms with van der Waals surface area (Å²) in [5, 5.41) is 0.953. The normalized spacial score (nSPS) is 12.5. The van der Waals surface area contributed by atoms with Crippen LogP contribution < -0.4 is 0 Å². The fourth-order valence-corrected chi connectivity index (χ4v) is 2.76. The maximum absolute atomic E-state index is 12.0. The first-order chi connectivity index (χ1) is 7.96. The van der Waals surface area contributed by atoms with Crippen molar-refractivity contribution in [1.29, 1.82) is 0 Å². The van der Waals surface area contributed by atoms with Gasteiger partial charge >= 0.3 is 0 Å². The van der Waals surface area contributed by atoms with Crippen molar-refractivity contribution < 1.29 is 8.42 Å². The molecule has 1 aromatic carbocycles. The van der Waals surface area contributed by atoms with E-state index in [9.17, 15) is 8.42 Å². The molecule has 0 fully saturated rings. The maximum atomic E-state index is 12.0. The lowest BCUT2D eigenvalue weighted by Gasteiger charge is -2.11. The Hall–Kier alpha value is -1.33. The van der Waals surface area contributed by atoms with Crippen molar-refractivity contribution in [3.05, 3.63) is 30.5 Å². The maximum Gasteiger partial charge on any atom is 0.242 e. The minimum absolute atomic E-state index is 0.337. The predicted octanol–water partition coefficient (Wildman–Crippen LogP) is 1.91. The molecule has 17 heavy (non-hydrogen) atoms. The molecule has 2 aromatic rings. The van der Waals surface area contributed by atoms with Crippen molar-refractivity contribution in [3.63, 3.8) is 0 Å². The third-order valence-electron chi connectivity index (χ3n) is 2.86. The number of sulfonamides is 1. The van der Waals surface area contributed by atoms with E-state index in [2.05, 4.69) is 11.5 Å². The Labute approximate surface area is 102 Å². The lowest BCUT2D eigenvalue weighted by molar-refractivity contribution is 0.521. The van der Waals surface area contributed by atoms with E-state index in [0.717, 1.165) is 17.4 Å². The lowest BCUT2D eigenvalue weighted by atomic mass is 10.2. The van der Waals surface area contributed by atoms with Crippen molar-refractivity contribution in [2.24, 2.45) is 0 Å². The molecule has 0 saturated heterocycles. The first kappa shape index (κ1) is 12.1. The fourth-order valence-electron chi connectivity index (χ4n) is 1.83. The highest BCUT2D eigenvalue weighted by molar-refractivity contribution is 7.89. The van der Waals surface area contributed by atoms with E-state index in [1.54, 1.807) is 12.1 Å². The van der Waals surface area contributed by atoms with Crippen LogP contribution in [0.1, 0.15) is 6.92 Å². The highest BCUT2D eigenvalue weighted by Gasteiger charge is 2.17. The highest BCUT2D eigenvalue weighted by Crippen LogP contribution is 2.21. The molecular formula is C12H16N2O2S. The molecule has 0 spiro atoms. The largest absolute Gasteiger partial charge is 0.348 e. The number of hydrogen-bond donors (Lipinski definition) is 0. The van der Waals surface area contributed by atoms with Crippen LogP contribution in [0.15, 0.2) is 35.4 Å². The monoisotopic (exact) mass is 252 g/mol. The summed E-state index contributed by atoms with van der Waals surface area (Å²) in [6.07, 6.45) is 1.97. The molecule has 2 rings (SSSR count). The van der Waals surface area contributed by atoms with Crippen LogP contribution in [0.2, 0.25) is 0 Å². The van der Waals surface area contributed by atoms with Gasteiger partial charge in [-0.05, 0) is 31.2 Å². The van der Waals surface area contributed by atoms with E-state index in [1.165, 1.54) is 18.4 Å². The molecule has 0 aliphatic rings. The van der Waals surface area contributed by atoms with Gasteiger partial charge in [-0.25, -0.2) is 12.7 Å². The zero-order valence-corrected chi connectivity index (χ0v) is 11.0. The average Bonchev–Trinajstić information content (AvgIpc) is 2.70. The predicted molar refractivity (Wildman–Crippen MR) is 68.5 cm³/mol. The number of hydrogen-bond acceptors (Lipinski definition) is 2. The zero-order valence-electron chi connectivity index (χ0n) is 10.2. The molecule has 0 unspecified atom stereocenters. The highest BCUT2D eigenvalue weighted by atomic mass is 32.2. The molecule has 1 aromatic heterocycles. The minimum atomic E-state index is -3.34. The van der Waals surface area contributed by atoms with Gasteiger partial charge in [-0.15, -0.1) is 0 Å². The average molecular weight is 252 g/mol. The van der Waals surface area contributed by atoms with Crippen molar-refractivity contribution in [3.8, 4) is 0 Å². The molecule has 0 radical (unpaired) electrons. The molecule has 0 saturated carbocycles. The van der Waals surface area contributed by atoms with Crippen molar-refractivity contribution >= 4 is 20.9 Å². The molecule has 1 heterocycles. The Morgan fingerprint density at radius 1 is 1.24 bits per heavy atom. The van der Waals surface area contributed by atoms with Gasteiger partial charge in [0, 0.05) is 37.7 Å².